The average molecular weight is 380 g/mol. The largest absolute Gasteiger partial charge is 0.305 e. The molecule has 0 unspecified atom stereocenters. The molecule has 2 fully saturated rings. The van der Waals surface area contributed by atoms with E-state index in [2.05, 4.69) is 29.4 Å². The number of amides is 1. The lowest BCUT2D eigenvalue weighted by atomic mass is 9.98. The Morgan fingerprint density at radius 1 is 1.00 bits per heavy atom. The first kappa shape index (κ1) is 17.3. The molecule has 0 radical (unpaired) electrons. The molecule has 27 heavy (non-hydrogen) atoms. The molecule has 3 heterocycles. The van der Waals surface area contributed by atoms with Crippen molar-refractivity contribution >= 4 is 29.0 Å². The van der Waals surface area contributed by atoms with Crippen molar-refractivity contribution in [2.75, 3.05) is 18.5 Å². The van der Waals surface area contributed by atoms with Crippen molar-refractivity contribution in [1.82, 2.24) is 10.2 Å². The fourth-order valence-electron chi connectivity index (χ4n) is 4.86. The van der Waals surface area contributed by atoms with Gasteiger partial charge in [0.05, 0.1) is 17.9 Å². The van der Waals surface area contributed by atoms with E-state index in [1.807, 2.05) is 41.3 Å². The molecule has 3 aliphatic rings. The number of rotatable bonds is 3. The third kappa shape index (κ3) is 3.08. The molecule has 2 saturated heterocycles. The minimum atomic E-state index is 0.126. The quantitative estimate of drug-likeness (QED) is 0.873. The van der Waals surface area contributed by atoms with Crippen molar-refractivity contribution in [2.45, 2.75) is 53.6 Å². The lowest BCUT2D eigenvalue weighted by Gasteiger charge is -2.37. The van der Waals surface area contributed by atoms with Gasteiger partial charge in [-0.05, 0) is 57.0 Å². The SMILES string of the molecule is CN1[C@H]2CC[C@H]1CC(NCC(=O)N1c3ccccc3Sc3ccccc31)C2. The maximum atomic E-state index is 13.3. The zero-order chi connectivity index (χ0) is 18.4. The zero-order valence-electron chi connectivity index (χ0n) is 15.6. The number of benzene rings is 2. The molecule has 5 rings (SSSR count). The van der Waals surface area contributed by atoms with Gasteiger partial charge >= 0.3 is 0 Å². The van der Waals surface area contributed by atoms with Gasteiger partial charge in [0.25, 0.3) is 0 Å². The van der Waals surface area contributed by atoms with Gasteiger partial charge in [0.15, 0.2) is 0 Å². The highest BCUT2D eigenvalue weighted by Gasteiger charge is 2.38. The standard InChI is InChI=1S/C22H25N3OS/c1-24-16-10-11-17(24)13-15(12-16)23-14-22(26)25-18-6-2-4-8-20(18)27-21-9-5-3-7-19(21)25/h2-9,15-17,23H,10-14H2,1H3/t16-,17-/m0/s1. The summed E-state index contributed by atoms with van der Waals surface area (Å²) in [6, 6.07) is 18.2. The summed E-state index contributed by atoms with van der Waals surface area (Å²) in [6.45, 7) is 0.390. The molecule has 1 N–H and O–H groups in total. The summed E-state index contributed by atoms with van der Waals surface area (Å²) in [5.41, 5.74) is 1.99. The van der Waals surface area contributed by atoms with Crippen molar-refractivity contribution in [3.63, 3.8) is 0 Å². The second kappa shape index (κ2) is 6.97. The van der Waals surface area contributed by atoms with Gasteiger partial charge in [0.1, 0.15) is 0 Å². The Balaban J connectivity index is 1.35. The Kier molecular flexibility index (Phi) is 4.46. The molecule has 1 amide bonds. The Morgan fingerprint density at radius 3 is 2.15 bits per heavy atom. The summed E-state index contributed by atoms with van der Waals surface area (Å²) < 4.78 is 0. The summed E-state index contributed by atoms with van der Waals surface area (Å²) in [4.78, 5) is 20.0. The normalized spacial score (nSPS) is 26.6. The molecule has 3 aliphatic heterocycles. The summed E-state index contributed by atoms with van der Waals surface area (Å²) in [5.74, 6) is 0.126. The van der Waals surface area contributed by atoms with Gasteiger partial charge in [0, 0.05) is 27.9 Å². The van der Waals surface area contributed by atoms with E-state index in [-0.39, 0.29) is 5.91 Å². The van der Waals surface area contributed by atoms with Crippen LogP contribution in [-0.4, -0.2) is 42.5 Å². The molecule has 2 aromatic carbocycles. The lowest BCUT2D eigenvalue weighted by molar-refractivity contribution is -0.117. The second-order valence-corrected chi connectivity index (χ2v) is 8.95. The summed E-state index contributed by atoms with van der Waals surface area (Å²) in [5, 5.41) is 3.58. The molecule has 4 nitrogen and oxygen atoms in total. The molecule has 0 aliphatic carbocycles. The molecule has 0 spiro atoms. The van der Waals surface area contributed by atoms with E-state index in [1.54, 1.807) is 11.8 Å². The van der Waals surface area contributed by atoms with E-state index >= 15 is 0 Å². The number of carbonyl (C=O) groups is 1. The first-order valence-corrected chi connectivity index (χ1v) is 10.7. The van der Waals surface area contributed by atoms with Crippen LogP contribution in [0.5, 0.6) is 0 Å². The van der Waals surface area contributed by atoms with Gasteiger partial charge in [-0.2, -0.15) is 0 Å². The van der Waals surface area contributed by atoms with Crippen LogP contribution < -0.4 is 10.2 Å². The van der Waals surface area contributed by atoms with E-state index in [1.165, 1.54) is 12.8 Å². The Labute approximate surface area is 164 Å². The predicted molar refractivity (Wildman–Crippen MR) is 110 cm³/mol. The Hall–Kier alpha value is -1.82. The number of nitrogens with one attached hydrogen (secondary N) is 1. The number of anilines is 2. The number of fused-ring (bicyclic) bond motifs is 4. The first-order chi connectivity index (χ1) is 13.2. The monoisotopic (exact) mass is 379 g/mol. The van der Waals surface area contributed by atoms with Gasteiger partial charge in [-0.15, -0.1) is 0 Å². The van der Waals surface area contributed by atoms with Gasteiger partial charge < -0.3 is 10.2 Å². The summed E-state index contributed by atoms with van der Waals surface area (Å²) >= 11 is 1.74. The highest BCUT2D eigenvalue weighted by Crippen LogP contribution is 2.47. The number of carbonyl (C=O) groups excluding carboxylic acids is 1. The van der Waals surface area contributed by atoms with E-state index in [4.69, 9.17) is 0 Å². The van der Waals surface area contributed by atoms with E-state index in [0.717, 1.165) is 34.0 Å². The fourth-order valence-corrected chi connectivity index (χ4v) is 5.92. The van der Waals surface area contributed by atoms with Crippen molar-refractivity contribution < 1.29 is 4.79 Å². The molecular weight excluding hydrogens is 354 g/mol. The molecule has 5 heteroatoms. The van der Waals surface area contributed by atoms with Crippen LogP contribution in [-0.2, 0) is 4.79 Å². The number of hydrogen-bond acceptors (Lipinski definition) is 4. The van der Waals surface area contributed by atoms with Gasteiger partial charge in [-0.25, -0.2) is 0 Å². The van der Waals surface area contributed by atoms with E-state index < -0.39 is 0 Å². The smallest absolute Gasteiger partial charge is 0.245 e. The van der Waals surface area contributed by atoms with Crippen LogP contribution in [0.15, 0.2) is 58.3 Å². The third-order valence-corrected chi connectivity index (χ3v) is 7.45. The van der Waals surface area contributed by atoms with E-state index in [0.29, 0.717) is 24.7 Å². The Morgan fingerprint density at radius 2 is 1.56 bits per heavy atom. The number of hydrogen-bond donors (Lipinski definition) is 1. The maximum absolute atomic E-state index is 13.3. The van der Waals surface area contributed by atoms with Crippen LogP contribution in [0.4, 0.5) is 11.4 Å². The molecule has 2 bridgehead atoms. The molecule has 2 aromatic rings. The molecule has 0 saturated carbocycles. The zero-order valence-corrected chi connectivity index (χ0v) is 16.4. The highest BCUT2D eigenvalue weighted by molar-refractivity contribution is 7.99. The van der Waals surface area contributed by atoms with E-state index in [9.17, 15) is 4.79 Å². The van der Waals surface area contributed by atoms with Crippen molar-refractivity contribution in [3.8, 4) is 0 Å². The molecule has 0 aromatic heterocycles. The van der Waals surface area contributed by atoms with Crippen LogP contribution in [0.3, 0.4) is 0 Å². The average Bonchev–Trinajstić information content (AvgIpc) is 2.91. The van der Waals surface area contributed by atoms with Gasteiger partial charge in [0.2, 0.25) is 5.91 Å². The van der Waals surface area contributed by atoms with Crippen molar-refractivity contribution in [3.05, 3.63) is 48.5 Å². The summed E-state index contributed by atoms with van der Waals surface area (Å²) in [7, 11) is 2.25. The molecule has 2 atom stereocenters. The van der Waals surface area contributed by atoms with Gasteiger partial charge in [-0.1, -0.05) is 36.0 Å². The Bertz CT molecular complexity index is 811. The maximum Gasteiger partial charge on any atom is 0.245 e. The van der Waals surface area contributed by atoms with Crippen LogP contribution >= 0.6 is 11.8 Å². The third-order valence-electron chi connectivity index (χ3n) is 6.32. The second-order valence-electron chi connectivity index (χ2n) is 7.87. The number of para-hydroxylation sites is 2. The lowest BCUT2D eigenvalue weighted by Crippen LogP contribution is -2.49. The van der Waals surface area contributed by atoms with Crippen LogP contribution in [0.2, 0.25) is 0 Å². The van der Waals surface area contributed by atoms with Gasteiger partial charge in [-0.3, -0.25) is 9.69 Å². The molecular formula is C22H25N3OS. The number of piperidine rings is 1. The van der Waals surface area contributed by atoms with Crippen LogP contribution in [0.25, 0.3) is 0 Å². The predicted octanol–water partition coefficient (Wildman–Crippen LogP) is 4.03. The van der Waals surface area contributed by atoms with Crippen LogP contribution in [0.1, 0.15) is 25.7 Å². The summed E-state index contributed by atoms with van der Waals surface area (Å²) in [6.07, 6.45) is 4.92. The minimum Gasteiger partial charge on any atom is -0.305 e. The van der Waals surface area contributed by atoms with Crippen LogP contribution in [0, 0.1) is 0 Å². The van der Waals surface area contributed by atoms with Crippen molar-refractivity contribution in [2.24, 2.45) is 0 Å². The molecule has 140 valence electrons. The minimum absolute atomic E-state index is 0.126. The highest BCUT2D eigenvalue weighted by atomic mass is 32.2. The number of nitrogens with zero attached hydrogens (tertiary/aromatic N) is 2. The van der Waals surface area contributed by atoms with Crippen molar-refractivity contribution in [1.29, 1.82) is 0 Å². The topological polar surface area (TPSA) is 35.6 Å². The fraction of sp³-hybridized carbons (Fsp3) is 0.409. The first-order valence-electron chi connectivity index (χ1n) is 9.85.